The number of aromatic hydroxyl groups is 1. The van der Waals surface area contributed by atoms with Gasteiger partial charge < -0.3 is 10.0 Å². The summed E-state index contributed by atoms with van der Waals surface area (Å²) in [5, 5.41) is 13.7. The predicted octanol–water partition coefficient (Wildman–Crippen LogP) is 1.36. The van der Waals surface area contributed by atoms with Crippen molar-refractivity contribution >= 4 is 11.6 Å². The Morgan fingerprint density at radius 1 is 1.08 bits per heavy atom. The summed E-state index contributed by atoms with van der Waals surface area (Å²) in [5.41, 5.74) is 5.38. The molecule has 1 fully saturated rings. The van der Waals surface area contributed by atoms with Crippen LogP contribution in [0.15, 0.2) is 59.7 Å². The summed E-state index contributed by atoms with van der Waals surface area (Å²) >= 11 is 0. The number of hydrogen-bond acceptors (Lipinski definition) is 3. The average molecular weight is 324 g/mol. The molecule has 124 valence electrons. The number of benzene rings is 2. The van der Waals surface area contributed by atoms with Gasteiger partial charge in [-0.25, -0.2) is 5.43 Å². The number of rotatable bonds is 4. The lowest BCUT2D eigenvalue weighted by atomic mass is 10.1. The molecular formula is C19H22N3O2+. The zero-order chi connectivity index (χ0) is 16.8. The molecule has 1 aliphatic rings. The van der Waals surface area contributed by atoms with Crippen molar-refractivity contribution in [2.75, 3.05) is 13.1 Å². The first-order valence-electron chi connectivity index (χ1n) is 8.23. The molecule has 24 heavy (non-hydrogen) atoms. The monoisotopic (exact) mass is 324 g/mol. The van der Waals surface area contributed by atoms with E-state index in [0.29, 0.717) is 5.56 Å². The predicted molar refractivity (Wildman–Crippen MR) is 93.1 cm³/mol. The minimum Gasteiger partial charge on any atom is -0.508 e. The molecular weight excluding hydrogens is 302 g/mol. The number of nitrogens with zero attached hydrogens (tertiary/aromatic N) is 1. The van der Waals surface area contributed by atoms with E-state index in [1.54, 1.807) is 17.0 Å². The van der Waals surface area contributed by atoms with Crippen molar-refractivity contribution in [2.24, 2.45) is 5.10 Å². The van der Waals surface area contributed by atoms with Gasteiger partial charge in [-0.3, -0.25) is 4.79 Å². The molecule has 3 rings (SSSR count). The van der Waals surface area contributed by atoms with Gasteiger partial charge in [0.15, 0.2) is 0 Å². The maximum Gasteiger partial charge on any atom is 0.271 e. The minimum absolute atomic E-state index is 0.0770. The molecule has 0 saturated carbocycles. The maximum absolute atomic E-state index is 12.0. The van der Waals surface area contributed by atoms with Gasteiger partial charge in [0, 0.05) is 29.7 Å². The zero-order valence-corrected chi connectivity index (χ0v) is 13.5. The smallest absolute Gasteiger partial charge is 0.271 e. The van der Waals surface area contributed by atoms with Gasteiger partial charge in [0.2, 0.25) is 0 Å². The zero-order valence-electron chi connectivity index (χ0n) is 13.5. The lowest BCUT2D eigenvalue weighted by Gasteiger charge is -2.24. The summed E-state index contributed by atoms with van der Waals surface area (Å²) in [6.45, 7) is 3.08. The molecule has 0 aromatic heterocycles. The van der Waals surface area contributed by atoms with Crippen molar-refractivity contribution in [2.45, 2.75) is 19.4 Å². The summed E-state index contributed by atoms with van der Waals surface area (Å²) in [5.74, 6) is -0.217. The number of piperidine rings is 1. The first-order valence-corrected chi connectivity index (χ1v) is 8.23. The van der Waals surface area contributed by atoms with E-state index in [0.717, 1.165) is 38.2 Å². The van der Waals surface area contributed by atoms with Crippen LogP contribution in [0, 0.1) is 0 Å². The number of phenols is 1. The molecule has 5 heteroatoms. The van der Waals surface area contributed by atoms with Gasteiger partial charge in [-0.1, -0.05) is 36.4 Å². The minimum atomic E-state index is -0.294. The SMILES string of the molecule is O=C(NN=C1CC[NH+](Cc2ccccc2)CC1)c1cccc(O)c1. The third-order valence-corrected chi connectivity index (χ3v) is 4.26. The number of carbonyl (C=O) groups excluding carboxylic acids is 1. The van der Waals surface area contributed by atoms with Crippen LogP contribution >= 0.6 is 0 Å². The first-order chi connectivity index (χ1) is 11.7. The fraction of sp³-hybridized carbons (Fsp3) is 0.263. The second kappa shape index (κ2) is 7.75. The van der Waals surface area contributed by atoms with Crippen molar-refractivity contribution in [3.05, 3.63) is 65.7 Å². The highest BCUT2D eigenvalue weighted by Crippen LogP contribution is 2.10. The number of quaternary nitrogens is 1. The second-order valence-corrected chi connectivity index (χ2v) is 6.08. The number of hydrazone groups is 1. The molecule has 2 aromatic carbocycles. The van der Waals surface area contributed by atoms with Crippen LogP contribution in [-0.2, 0) is 6.54 Å². The quantitative estimate of drug-likeness (QED) is 0.744. The lowest BCUT2D eigenvalue weighted by Crippen LogP contribution is -3.11. The average Bonchev–Trinajstić information content (AvgIpc) is 2.62. The Hall–Kier alpha value is -2.66. The highest BCUT2D eigenvalue weighted by Gasteiger charge is 2.18. The number of phenolic OH excluding ortho intramolecular Hbond substituents is 1. The van der Waals surface area contributed by atoms with Crippen LogP contribution in [0.3, 0.4) is 0 Å². The molecule has 1 heterocycles. The fourth-order valence-corrected chi connectivity index (χ4v) is 2.91. The Morgan fingerprint density at radius 3 is 2.54 bits per heavy atom. The Bertz CT molecular complexity index is 718. The highest BCUT2D eigenvalue weighted by atomic mass is 16.3. The molecule has 1 amide bonds. The van der Waals surface area contributed by atoms with E-state index >= 15 is 0 Å². The van der Waals surface area contributed by atoms with Crippen LogP contribution in [0.5, 0.6) is 5.75 Å². The van der Waals surface area contributed by atoms with Crippen LogP contribution in [0.2, 0.25) is 0 Å². The summed E-state index contributed by atoms with van der Waals surface area (Å²) in [6.07, 6.45) is 1.78. The van der Waals surface area contributed by atoms with E-state index < -0.39 is 0 Å². The Kier molecular flexibility index (Phi) is 5.23. The summed E-state index contributed by atoms with van der Waals surface area (Å²) in [7, 11) is 0. The van der Waals surface area contributed by atoms with Crippen molar-refractivity contribution < 1.29 is 14.8 Å². The normalized spacial score (nSPS) is 17.3. The van der Waals surface area contributed by atoms with Crippen molar-refractivity contribution in [3.63, 3.8) is 0 Å². The Balaban J connectivity index is 1.49. The van der Waals surface area contributed by atoms with Crippen LogP contribution in [0.1, 0.15) is 28.8 Å². The molecule has 5 nitrogen and oxygen atoms in total. The van der Waals surface area contributed by atoms with Crippen LogP contribution < -0.4 is 10.3 Å². The molecule has 3 N–H and O–H groups in total. The number of hydrogen-bond donors (Lipinski definition) is 3. The van der Waals surface area contributed by atoms with E-state index in [-0.39, 0.29) is 11.7 Å². The van der Waals surface area contributed by atoms with Crippen molar-refractivity contribution in [3.8, 4) is 5.75 Å². The summed E-state index contributed by atoms with van der Waals surface area (Å²) in [4.78, 5) is 13.6. The molecule has 0 aliphatic carbocycles. The molecule has 0 bridgehead atoms. The van der Waals surface area contributed by atoms with Gasteiger partial charge >= 0.3 is 0 Å². The van der Waals surface area contributed by atoms with Crippen LogP contribution in [0.4, 0.5) is 0 Å². The highest BCUT2D eigenvalue weighted by molar-refractivity contribution is 5.95. The number of nitrogens with one attached hydrogen (secondary N) is 2. The van der Waals surface area contributed by atoms with Crippen LogP contribution in [-0.4, -0.2) is 29.8 Å². The Morgan fingerprint density at radius 2 is 1.83 bits per heavy atom. The number of carbonyl (C=O) groups is 1. The number of likely N-dealkylation sites (tertiary alicyclic amines) is 1. The molecule has 0 radical (unpaired) electrons. The van der Waals surface area contributed by atoms with Crippen molar-refractivity contribution in [1.29, 1.82) is 0 Å². The van der Waals surface area contributed by atoms with Gasteiger partial charge in [0.1, 0.15) is 12.3 Å². The lowest BCUT2D eigenvalue weighted by molar-refractivity contribution is -0.914. The largest absolute Gasteiger partial charge is 0.508 e. The summed E-state index contributed by atoms with van der Waals surface area (Å²) in [6, 6.07) is 16.8. The Labute approximate surface area is 141 Å². The third kappa shape index (κ3) is 4.43. The van der Waals surface area contributed by atoms with E-state index in [9.17, 15) is 9.90 Å². The molecule has 2 aromatic rings. The van der Waals surface area contributed by atoms with Crippen LogP contribution in [0.25, 0.3) is 0 Å². The van der Waals surface area contributed by atoms with Gasteiger partial charge in [-0.15, -0.1) is 0 Å². The van der Waals surface area contributed by atoms with Gasteiger partial charge in [-0.05, 0) is 18.2 Å². The van der Waals surface area contributed by atoms with Gasteiger partial charge in [0.05, 0.1) is 13.1 Å². The third-order valence-electron chi connectivity index (χ3n) is 4.26. The second-order valence-electron chi connectivity index (χ2n) is 6.08. The molecule has 1 aliphatic heterocycles. The van der Waals surface area contributed by atoms with E-state index in [1.165, 1.54) is 17.7 Å². The topological polar surface area (TPSA) is 66.1 Å². The first kappa shape index (κ1) is 16.2. The standard InChI is InChI=1S/C19H21N3O2/c23-18-8-4-7-16(13-18)19(24)21-20-17-9-11-22(12-10-17)14-15-5-2-1-3-6-15/h1-8,13,23H,9-12,14H2,(H,21,24)/p+1. The molecule has 1 saturated heterocycles. The molecule has 0 atom stereocenters. The van der Waals surface area contributed by atoms with Gasteiger partial charge in [0.25, 0.3) is 5.91 Å². The maximum atomic E-state index is 12.0. The number of amides is 1. The van der Waals surface area contributed by atoms with Gasteiger partial charge in [-0.2, -0.15) is 5.10 Å². The molecule has 0 unspecified atom stereocenters. The molecule has 0 spiro atoms. The van der Waals surface area contributed by atoms with Crippen molar-refractivity contribution in [1.82, 2.24) is 5.43 Å². The fourth-order valence-electron chi connectivity index (χ4n) is 2.91. The van der Waals surface area contributed by atoms with E-state index in [1.807, 2.05) is 6.07 Å². The van der Waals surface area contributed by atoms with E-state index in [4.69, 9.17) is 0 Å². The summed E-state index contributed by atoms with van der Waals surface area (Å²) < 4.78 is 0. The van der Waals surface area contributed by atoms with E-state index in [2.05, 4.69) is 34.8 Å².